The maximum atomic E-state index is 12.9. The number of benzene rings is 5. The molecule has 5 rings (SSSR count). The zero-order valence-electron chi connectivity index (χ0n) is 26.7. The van der Waals surface area contributed by atoms with E-state index in [9.17, 15) is 36.0 Å². The topological polar surface area (TPSA) is 209 Å². The molecule has 0 atom stereocenters. The zero-order chi connectivity index (χ0) is 36.6. The minimum atomic E-state index is -4.33. The maximum Gasteiger partial charge on any atom is 0.333 e. The lowest BCUT2D eigenvalue weighted by Gasteiger charge is -2.13. The number of amides is 6. The summed E-state index contributed by atoms with van der Waals surface area (Å²) >= 11 is 0. The molecule has 0 spiro atoms. The van der Waals surface area contributed by atoms with E-state index >= 15 is 0 Å². The second kappa shape index (κ2) is 15.4. The van der Waals surface area contributed by atoms with Gasteiger partial charge in [0.05, 0.1) is 9.79 Å². The highest BCUT2D eigenvalue weighted by Crippen LogP contribution is 2.22. The number of rotatable bonds is 10. The van der Waals surface area contributed by atoms with Crippen LogP contribution < -0.4 is 30.7 Å². The summed E-state index contributed by atoms with van der Waals surface area (Å²) in [5.41, 5.74) is 2.22. The Morgan fingerprint density at radius 1 is 0.451 bits per heavy atom. The predicted octanol–water partition coefficient (Wildman–Crippen LogP) is 5.52. The molecule has 0 aromatic heterocycles. The van der Waals surface area contributed by atoms with Crippen molar-refractivity contribution >= 4 is 66.7 Å². The summed E-state index contributed by atoms with van der Waals surface area (Å²) in [6, 6.07) is 29.3. The van der Waals surface area contributed by atoms with Crippen LogP contribution in [0.2, 0.25) is 0 Å². The normalized spacial score (nSPS) is 11.1. The number of carbonyl (C=O) groups excluding carboxylic acids is 4. The van der Waals surface area contributed by atoms with Gasteiger partial charge in [-0.1, -0.05) is 42.5 Å². The van der Waals surface area contributed by atoms with Crippen molar-refractivity contribution in [3.63, 3.8) is 0 Å². The van der Waals surface area contributed by atoms with Crippen molar-refractivity contribution in [3.8, 4) is 0 Å². The van der Waals surface area contributed by atoms with Crippen molar-refractivity contribution in [3.05, 3.63) is 144 Å². The number of urea groups is 2. The number of hydrogen-bond acceptors (Lipinski definition) is 8. The highest BCUT2D eigenvalue weighted by molar-refractivity contribution is 7.90. The van der Waals surface area contributed by atoms with Crippen LogP contribution in [0, 0.1) is 6.92 Å². The first-order chi connectivity index (χ1) is 24.3. The second-order valence-corrected chi connectivity index (χ2v) is 14.2. The van der Waals surface area contributed by atoms with Gasteiger partial charge in [0.2, 0.25) is 0 Å². The Bertz CT molecular complexity index is 2300. The molecule has 0 aliphatic heterocycles. The summed E-state index contributed by atoms with van der Waals surface area (Å²) < 4.78 is 55.2. The van der Waals surface area contributed by atoms with E-state index in [1.165, 1.54) is 66.7 Å². The number of aryl methyl sites for hydroxylation is 1. The molecule has 0 unspecified atom stereocenters. The van der Waals surface area contributed by atoms with Gasteiger partial charge in [0.1, 0.15) is 0 Å². The summed E-state index contributed by atoms with van der Waals surface area (Å²) in [5.74, 6) is -0.764. The lowest BCUT2D eigenvalue weighted by Crippen LogP contribution is -2.35. The maximum absolute atomic E-state index is 12.9. The molecule has 0 bridgehead atoms. The van der Waals surface area contributed by atoms with E-state index in [1.54, 1.807) is 67.6 Å². The van der Waals surface area contributed by atoms with Crippen LogP contribution in [0.5, 0.6) is 0 Å². The first-order valence-electron chi connectivity index (χ1n) is 15.0. The van der Waals surface area contributed by atoms with Crippen LogP contribution in [-0.4, -0.2) is 40.7 Å². The van der Waals surface area contributed by atoms with Gasteiger partial charge in [-0.05, 0) is 97.4 Å². The molecule has 6 N–H and O–H groups in total. The Kier molecular flexibility index (Phi) is 10.8. The summed E-state index contributed by atoms with van der Waals surface area (Å²) in [5, 5.41) is 10.1. The minimum Gasteiger partial charge on any atom is -0.322 e. The number of sulfonamides is 2. The van der Waals surface area contributed by atoms with Crippen molar-refractivity contribution in [2.75, 3.05) is 21.3 Å². The third-order valence-electron chi connectivity index (χ3n) is 7.11. The standard InChI is InChI=1S/C35H30N6O8S2/c1-23-12-13-28(38-34(44)40-50(46,47)29-18-14-26(15-19-29)36-32(42)24-8-4-2-5-9-24)22-31(23)39-35(45)41-51(48,49)30-20-16-27(17-21-30)37-33(43)25-10-6-3-7-11-25/h2-22H,1H3,(H,36,42)(H,37,43)(H2,38,40,44)(H2,39,41,45). The molecule has 0 saturated carbocycles. The van der Waals surface area contributed by atoms with E-state index in [2.05, 4.69) is 21.3 Å². The quantitative estimate of drug-likeness (QED) is 0.108. The van der Waals surface area contributed by atoms with Crippen molar-refractivity contribution in [2.24, 2.45) is 0 Å². The Balaban J connectivity index is 1.16. The Labute approximate surface area is 293 Å². The van der Waals surface area contributed by atoms with Crippen LogP contribution in [-0.2, 0) is 20.0 Å². The van der Waals surface area contributed by atoms with Crippen LogP contribution in [0.3, 0.4) is 0 Å². The third kappa shape index (κ3) is 9.56. The van der Waals surface area contributed by atoms with Crippen LogP contribution in [0.15, 0.2) is 137 Å². The van der Waals surface area contributed by atoms with Gasteiger partial charge in [-0.3, -0.25) is 9.59 Å². The first kappa shape index (κ1) is 35.8. The Morgan fingerprint density at radius 2 is 0.843 bits per heavy atom. The minimum absolute atomic E-state index is 0.0820. The Hall–Kier alpha value is -6.52. The summed E-state index contributed by atoms with van der Waals surface area (Å²) in [7, 11) is -8.65. The average Bonchev–Trinajstić information content (AvgIpc) is 3.10. The lowest BCUT2D eigenvalue weighted by molar-refractivity contribution is 0.101. The molecule has 260 valence electrons. The van der Waals surface area contributed by atoms with Crippen molar-refractivity contribution in [2.45, 2.75) is 16.7 Å². The molecule has 0 radical (unpaired) electrons. The monoisotopic (exact) mass is 726 g/mol. The van der Waals surface area contributed by atoms with Crippen LogP contribution in [0.4, 0.5) is 32.3 Å². The fourth-order valence-corrected chi connectivity index (χ4v) is 6.34. The molecular weight excluding hydrogens is 697 g/mol. The highest BCUT2D eigenvalue weighted by Gasteiger charge is 2.20. The highest BCUT2D eigenvalue weighted by atomic mass is 32.2. The molecule has 16 heteroatoms. The first-order valence-corrected chi connectivity index (χ1v) is 18.0. The SMILES string of the molecule is Cc1ccc(NC(=O)NS(=O)(=O)c2ccc(NC(=O)c3ccccc3)cc2)cc1NC(=O)NS(=O)(=O)c1ccc(NC(=O)c2ccccc2)cc1. The number of hydrogen-bond donors (Lipinski definition) is 6. The molecule has 0 fully saturated rings. The molecule has 0 aliphatic carbocycles. The number of carbonyl (C=O) groups is 4. The predicted molar refractivity (Wildman–Crippen MR) is 192 cm³/mol. The van der Waals surface area contributed by atoms with Gasteiger partial charge in [0, 0.05) is 33.9 Å². The molecule has 14 nitrogen and oxygen atoms in total. The van der Waals surface area contributed by atoms with Gasteiger partial charge in [-0.15, -0.1) is 0 Å². The van der Waals surface area contributed by atoms with E-state index in [0.717, 1.165) is 0 Å². The zero-order valence-corrected chi connectivity index (χ0v) is 28.3. The summed E-state index contributed by atoms with van der Waals surface area (Å²) in [6.07, 6.45) is 0. The van der Waals surface area contributed by atoms with E-state index in [1.807, 2.05) is 9.44 Å². The summed E-state index contributed by atoms with van der Waals surface area (Å²) in [4.78, 5) is 49.5. The molecule has 0 saturated heterocycles. The smallest absolute Gasteiger partial charge is 0.322 e. The molecule has 5 aromatic carbocycles. The molecule has 5 aromatic rings. The van der Waals surface area contributed by atoms with Crippen LogP contribution in [0.25, 0.3) is 0 Å². The average molecular weight is 727 g/mol. The molecule has 51 heavy (non-hydrogen) atoms. The van der Waals surface area contributed by atoms with Gasteiger partial charge in [0.25, 0.3) is 31.9 Å². The third-order valence-corrected chi connectivity index (χ3v) is 9.81. The van der Waals surface area contributed by atoms with Gasteiger partial charge < -0.3 is 21.3 Å². The van der Waals surface area contributed by atoms with Gasteiger partial charge in [-0.2, -0.15) is 0 Å². The van der Waals surface area contributed by atoms with Crippen molar-refractivity contribution in [1.29, 1.82) is 0 Å². The van der Waals surface area contributed by atoms with Crippen molar-refractivity contribution in [1.82, 2.24) is 9.44 Å². The molecule has 6 amide bonds. The molecular formula is C35H30N6O8S2. The Morgan fingerprint density at radius 3 is 1.27 bits per heavy atom. The van der Waals surface area contributed by atoms with E-state index in [4.69, 9.17) is 0 Å². The van der Waals surface area contributed by atoms with E-state index < -0.39 is 32.1 Å². The fourth-order valence-electron chi connectivity index (χ4n) is 4.52. The fraction of sp³-hybridized carbons (Fsp3) is 0.0286. The van der Waals surface area contributed by atoms with Crippen LogP contribution in [0.1, 0.15) is 26.3 Å². The van der Waals surface area contributed by atoms with Crippen molar-refractivity contribution < 1.29 is 36.0 Å². The molecule has 0 heterocycles. The second-order valence-electron chi connectivity index (χ2n) is 10.8. The van der Waals surface area contributed by atoms with Gasteiger partial charge in [0.15, 0.2) is 0 Å². The van der Waals surface area contributed by atoms with Gasteiger partial charge >= 0.3 is 12.1 Å². The van der Waals surface area contributed by atoms with E-state index in [0.29, 0.717) is 28.1 Å². The number of nitrogens with one attached hydrogen (secondary N) is 6. The lowest BCUT2D eigenvalue weighted by atomic mass is 10.2. The van der Waals surface area contributed by atoms with Gasteiger partial charge in [-0.25, -0.2) is 35.9 Å². The van der Waals surface area contributed by atoms with Crippen LogP contribution >= 0.6 is 0 Å². The molecule has 0 aliphatic rings. The number of anilines is 4. The largest absolute Gasteiger partial charge is 0.333 e. The van der Waals surface area contributed by atoms with E-state index in [-0.39, 0.29) is 33.0 Å². The summed E-state index contributed by atoms with van der Waals surface area (Å²) in [6.45, 7) is 1.62.